The molecule has 0 radical (unpaired) electrons. The van der Waals surface area contributed by atoms with Gasteiger partial charge in [0.2, 0.25) is 0 Å². The molecule has 0 saturated carbocycles. The van der Waals surface area contributed by atoms with Crippen molar-refractivity contribution >= 4 is 5.97 Å². The van der Waals surface area contributed by atoms with Gasteiger partial charge in [0.15, 0.2) is 0 Å². The molecule has 1 aliphatic heterocycles. The topological polar surface area (TPSA) is 58.4 Å². The first-order valence-electron chi connectivity index (χ1n) is 7.07. The van der Waals surface area contributed by atoms with Crippen molar-refractivity contribution in [3.8, 4) is 0 Å². The summed E-state index contributed by atoms with van der Waals surface area (Å²) in [5.74, 6) is -0.714. The van der Waals surface area contributed by atoms with Gasteiger partial charge in [-0.3, -0.25) is 14.4 Å². The summed E-state index contributed by atoms with van der Waals surface area (Å²) in [6.07, 6.45) is 5.63. The lowest BCUT2D eigenvalue weighted by molar-refractivity contribution is -0.153. The molecule has 1 unspecified atom stereocenters. The summed E-state index contributed by atoms with van der Waals surface area (Å²) in [6.45, 7) is 6.37. The molecule has 5 nitrogen and oxygen atoms in total. The quantitative estimate of drug-likeness (QED) is 0.886. The average Bonchev–Trinajstić information content (AvgIpc) is 2.80. The maximum absolute atomic E-state index is 11.6. The van der Waals surface area contributed by atoms with E-state index in [0.29, 0.717) is 6.54 Å². The summed E-state index contributed by atoms with van der Waals surface area (Å²) in [5.41, 5.74) is 0.371. The Hall–Kier alpha value is -1.36. The highest BCUT2D eigenvalue weighted by Crippen LogP contribution is 2.29. The molecule has 0 spiro atoms. The second kappa shape index (κ2) is 5.74. The van der Waals surface area contributed by atoms with Crippen molar-refractivity contribution < 1.29 is 9.90 Å². The Labute approximate surface area is 114 Å². The molecule has 1 aromatic rings. The smallest absolute Gasteiger partial charge is 0.323 e. The molecule has 1 N–H and O–H groups in total. The Balaban J connectivity index is 2.15. The number of rotatable bonds is 5. The maximum atomic E-state index is 11.6. The molecule has 1 saturated heterocycles. The average molecular weight is 265 g/mol. The number of nitrogens with zero attached hydrogens (tertiary/aromatic N) is 3. The molecule has 1 aromatic heterocycles. The summed E-state index contributed by atoms with van der Waals surface area (Å²) < 4.78 is 1.98. The second-order valence-corrected chi connectivity index (χ2v) is 5.50. The van der Waals surface area contributed by atoms with E-state index in [4.69, 9.17) is 0 Å². The molecule has 1 aliphatic rings. The lowest BCUT2D eigenvalue weighted by atomic mass is 9.88. The second-order valence-electron chi connectivity index (χ2n) is 5.50. The lowest BCUT2D eigenvalue weighted by Gasteiger charge is -2.41. The Morgan fingerprint density at radius 1 is 1.53 bits per heavy atom. The molecular weight excluding hydrogens is 242 g/mol. The minimum Gasteiger partial charge on any atom is -0.480 e. The Morgan fingerprint density at radius 2 is 2.32 bits per heavy atom. The number of hydrogen-bond donors (Lipinski definition) is 1. The molecule has 2 rings (SSSR count). The molecular formula is C14H23N3O2. The number of likely N-dealkylation sites (tertiary alicyclic amines) is 1. The largest absolute Gasteiger partial charge is 0.480 e. The number of piperidine rings is 1. The van der Waals surface area contributed by atoms with Crippen LogP contribution in [0.15, 0.2) is 12.3 Å². The highest BCUT2D eigenvalue weighted by Gasteiger charge is 2.41. The summed E-state index contributed by atoms with van der Waals surface area (Å²) in [7, 11) is 0. The first kappa shape index (κ1) is 14.1. The number of carbonyl (C=O) groups is 1. The van der Waals surface area contributed by atoms with Gasteiger partial charge in [-0.15, -0.1) is 0 Å². The molecule has 19 heavy (non-hydrogen) atoms. The van der Waals surface area contributed by atoms with E-state index < -0.39 is 11.5 Å². The summed E-state index contributed by atoms with van der Waals surface area (Å²) in [4.78, 5) is 13.6. The van der Waals surface area contributed by atoms with Crippen molar-refractivity contribution in [2.45, 2.75) is 58.2 Å². The van der Waals surface area contributed by atoms with Crippen LogP contribution in [0.1, 0.15) is 45.2 Å². The van der Waals surface area contributed by atoms with Crippen LogP contribution < -0.4 is 0 Å². The zero-order valence-electron chi connectivity index (χ0n) is 11.8. The zero-order chi connectivity index (χ0) is 13.9. The fraction of sp³-hybridized carbons (Fsp3) is 0.714. The van der Waals surface area contributed by atoms with Crippen molar-refractivity contribution in [3.63, 3.8) is 0 Å². The van der Waals surface area contributed by atoms with E-state index in [1.54, 1.807) is 6.20 Å². The lowest BCUT2D eigenvalue weighted by Crippen LogP contribution is -2.54. The molecule has 0 amide bonds. The van der Waals surface area contributed by atoms with E-state index in [-0.39, 0.29) is 0 Å². The van der Waals surface area contributed by atoms with Gasteiger partial charge in [-0.1, -0.05) is 6.92 Å². The SMILES string of the molecule is CCCn1nccc1CN1CCCCC1(C)C(=O)O. The fourth-order valence-electron chi connectivity index (χ4n) is 2.78. The van der Waals surface area contributed by atoms with Crippen LogP contribution in [0, 0.1) is 0 Å². The summed E-state index contributed by atoms with van der Waals surface area (Å²) in [5, 5.41) is 13.8. The number of carboxylic acids is 1. The highest BCUT2D eigenvalue weighted by atomic mass is 16.4. The normalized spacial score (nSPS) is 24.5. The van der Waals surface area contributed by atoms with Gasteiger partial charge in [0.05, 0.1) is 5.69 Å². The number of aromatic nitrogens is 2. The van der Waals surface area contributed by atoms with Gasteiger partial charge in [-0.25, -0.2) is 0 Å². The third-order valence-corrected chi connectivity index (χ3v) is 4.09. The van der Waals surface area contributed by atoms with E-state index in [9.17, 15) is 9.90 Å². The van der Waals surface area contributed by atoms with Crippen LogP contribution in [0.3, 0.4) is 0 Å². The molecule has 1 atom stereocenters. The molecule has 5 heteroatoms. The predicted molar refractivity (Wildman–Crippen MR) is 72.8 cm³/mol. The third-order valence-electron chi connectivity index (χ3n) is 4.09. The third kappa shape index (κ3) is 2.81. The van der Waals surface area contributed by atoms with E-state index in [1.165, 1.54) is 0 Å². The van der Waals surface area contributed by atoms with E-state index in [1.807, 2.05) is 17.7 Å². The minimum atomic E-state index is -0.737. The number of carboxylic acid groups (broad SMARTS) is 1. The number of aliphatic carboxylic acids is 1. The zero-order valence-corrected chi connectivity index (χ0v) is 11.8. The van der Waals surface area contributed by atoms with Crippen LogP contribution in [-0.4, -0.2) is 37.8 Å². The van der Waals surface area contributed by atoms with Gasteiger partial charge in [0.1, 0.15) is 5.54 Å². The van der Waals surface area contributed by atoms with Crippen molar-refractivity contribution in [2.75, 3.05) is 6.54 Å². The van der Waals surface area contributed by atoms with E-state index in [2.05, 4.69) is 16.9 Å². The number of aryl methyl sites for hydroxylation is 1. The van der Waals surface area contributed by atoms with Crippen molar-refractivity contribution in [2.24, 2.45) is 0 Å². The highest BCUT2D eigenvalue weighted by molar-refractivity contribution is 5.78. The maximum Gasteiger partial charge on any atom is 0.323 e. The van der Waals surface area contributed by atoms with Gasteiger partial charge in [-0.2, -0.15) is 5.10 Å². The Bertz CT molecular complexity index is 444. The molecule has 0 aromatic carbocycles. The molecule has 1 fully saturated rings. The van der Waals surface area contributed by atoms with Crippen molar-refractivity contribution in [3.05, 3.63) is 18.0 Å². The first-order chi connectivity index (χ1) is 9.08. The monoisotopic (exact) mass is 265 g/mol. The van der Waals surface area contributed by atoms with Gasteiger partial charge in [-0.05, 0) is 45.2 Å². The van der Waals surface area contributed by atoms with Gasteiger partial charge >= 0.3 is 5.97 Å². The Kier molecular flexibility index (Phi) is 4.24. The minimum absolute atomic E-state index is 0.669. The van der Waals surface area contributed by atoms with Crippen LogP contribution in [0.25, 0.3) is 0 Å². The standard InChI is InChI=1S/C14H23N3O2/c1-3-9-17-12(6-8-15-17)11-16-10-5-4-7-14(16,2)13(18)19/h6,8H,3-5,7,9-11H2,1-2H3,(H,18,19). The first-order valence-corrected chi connectivity index (χ1v) is 7.07. The van der Waals surface area contributed by atoms with Crippen LogP contribution >= 0.6 is 0 Å². The molecule has 0 aliphatic carbocycles. The van der Waals surface area contributed by atoms with Crippen LogP contribution in [0.5, 0.6) is 0 Å². The fourth-order valence-corrected chi connectivity index (χ4v) is 2.78. The predicted octanol–water partition coefficient (Wildman–Crippen LogP) is 2.12. The number of hydrogen-bond acceptors (Lipinski definition) is 3. The van der Waals surface area contributed by atoms with Crippen LogP contribution in [-0.2, 0) is 17.9 Å². The Morgan fingerprint density at radius 3 is 3.00 bits per heavy atom. The van der Waals surface area contributed by atoms with Crippen LogP contribution in [0.2, 0.25) is 0 Å². The van der Waals surface area contributed by atoms with Crippen LogP contribution in [0.4, 0.5) is 0 Å². The van der Waals surface area contributed by atoms with E-state index >= 15 is 0 Å². The van der Waals surface area contributed by atoms with Gasteiger partial charge < -0.3 is 5.11 Å². The van der Waals surface area contributed by atoms with Gasteiger partial charge in [0.25, 0.3) is 0 Å². The van der Waals surface area contributed by atoms with E-state index in [0.717, 1.165) is 44.5 Å². The molecule has 2 heterocycles. The molecule has 106 valence electrons. The van der Waals surface area contributed by atoms with Crippen molar-refractivity contribution in [1.29, 1.82) is 0 Å². The summed E-state index contributed by atoms with van der Waals surface area (Å²) in [6, 6.07) is 1.99. The van der Waals surface area contributed by atoms with Crippen molar-refractivity contribution in [1.82, 2.24) is 14.7 Å². The van der Waals surface area contributed by atoms with Gasteiger partial charge in [0, 0.05) is 19.3 Å². The summed E-state index contributed by atoms with van der Waals surface area (Å²) >= 11 is 0. The molecule has 0 bridgehead atoms.